The van der Waals surface area contributed by atoms with E-state index in [1.807, 2.05) is 36.4 Å². The molecule has 0 amide bonds. The van der Waals surface area contributed by atoms with Crippen molar-refractivity contribution in [1.29, 1.82) is 0 Å². The van der Waals surface area contributed by atoms with Gasteiger partial charge in [0, 0.05) is 35.1 Å². The third-order valence-electron chi connectivity index (χ3n) is 4.72. The molecule has 1 radical (unpaired) electrons. The molecule has 0 unspecified atom stereocenters. The first kappa shape index (κ1) is 27.2. The van der Waals surface area contributed by atoms with Gasteiger partial charge in [0.25, 0.3) is 5.97 Å². The zero-order valence-electron chi connectivity index (χ0n) is 19.3. The number of methoxy groups -OCH3 is 2. The van der Waals surface area contributed by atoms with Crippen LogP contribution in [0.3, 0.4) is 0 Å². The minimum absolute atomic E-state index is 0. The van der Waals surface area contributed by atoms with Gasteiger partial charge in [0.05, 0.1) is 37.0 Å². The summed E-state index contributed by atoms with van der Waals surface area (Å²) in [6, 6.07) is 21.0. The number of carboxylic acid groups (broad SMARTS) is 1. The van der Waals surface area contributed by atoms with E-state index in [9.17, 15) is 10.2 Å². The summed E-state index contributed by atoms with van der Waals surface area (Å²) in [5.41, 5.74) is 3.61. The fraction of sp³-hybridized carbons (Fsp3) is 0.115. The number of carboxylic acids is 1. The monoisotopic (exact) mass is 515 g/mol. The van der Waals surface area contributed by atoms with E-state index in [4.69, 9.17) is 19.4 Å². The van der Waals surface area contributed by atoms with Crippen molar-refractivity contribution in [2.75, 3.05) is 14.2 Å². The third-order valence-corrected chi connectivity index (χ3v) is 4.72. The number of pyridine rings is 2. The third kappa shape index (κ3) is 6.96. The quantitative estimate of drug-likeness (QED) is 0.318. The van der Waals surface area contributed by atoms with Crippen LogP contribution in [0.5, 0.6) is 23.0 Å². The van der Waals surface area contributed by atoms with Crippen LogP contribution in [0.2, 0.25) is 0 Å². The number of nitrogens with zero attached hydrogens (tertiary/aromatic N) is 2. The number of aliphatic carboxylic acids is 1. The Kier molecular flexibility index (Phi) is 9.63. The van der Waals surface area contributed by atoms with Crippen LogP contribution in [-0.2, 0) is 21.9 Å². The van der Waals surface area contributed by atoms with Crippen LogP contribution in [0.25, 0.3) is 33.9 Å². The Labute approximate surface area is 213 Å². The summed E-state index contributed by atoms with van der Waals surface area (Å²) in [6.45, 7) is 1.08. The number of aromatic nitrogens is 2. The number of hydrogen-bond donors (Lipinski definition) is 3. The van der Waals surface area contributed by atoms with Crippen molar-refractivity contribution in [3.05, 3.63) is 72.8 Å². The summed E-state index contributed by atoms with van der Waals surface area (Å²) in [6.07, 6.45) is 0. The van der Waals surface area contributed by atoms with E-state index < -0.39 is 5.97 Å². The van der Waals surface area contributed by atoms with Gasteiger partial charge in [-0.05, 0) is 60.7 Å². The summed E-state index contributed by atoms with van der Waals surface area (Å²) in [5, 5.41) is 28.0. The molecular formula is C26H24MnN2O6. The van der Waals surface area contributed by atoms with Crippen LogP contribution in [0.1, 0.15) is 6.92 Å². The van der Waals surface area contributed by atoms with Crippen LogP contribution in [0, 0.1) is 0 Å². The first-order valence-electron chi connectivity index (χ1n) is 10.2. The van der Waals surface area contributed by atoms with Crippen molar-refractivity contribution in [2.24, 2.45) is 0 Å². The van der Waals surface area contributed by atoms with Crippen LogP contribution in [-0.4, -0.2) is 45.5 Å². The van der Waals surface area contributed by atoms with Crippen LogP contribution >= 0.6 is 0 Å². The molecular weight excluding hydrogens is 491 g/mol. The normalized spacial score (nSPS) is 9.80. The largest absolute Gasteiger partial charge is 0.507 e. The van der Waals surface area contributed by atoms with E-state index in [2.05, 4.69) is 9.97 Å². The fourth-order valence-electron chi connectivity index (χ4n) is 3.15. The minimum Gasteiger partial charge on any atom is -0.507 e. The second kappa shape index (κ2) is 12.4. The van der Waals surface area contributed by atoms with E-state index in [1.54, 1.807) is 50.6 Å². The molecule has 0 aliphatic heterocycles. The number of rotatable bonds is 5. The Morgan fingerprint density at radius 1 is 0.686 bits per heavy atom. The fourth-order valence-corrected chi connectivity index (χ4v) is 3.15. The maximum absolute atomic E-state index is 10.3. The van der Waals surface area contributed by atoms with Crippen molar-refractivity contribution < 1.29 is 46.7 Å². The summed E-state index contributed by atoms with van der Waals surface area (Å²) in [4.78, 5) is 18.4. The Morgan fingerprint density at radius 3 is 1.37 bits per heavy atom. The van der Waals surface area contributed by atoms with Gasteiger partial charge in [-0.1, -0.05) is 12.1 Å². The van der Waals surface area contributed by atoms with E-state index in [-0.39, 0.29) is 28.6 Å². The van der Waals surface area contributed by atoms with Gasteiger partial charge < -0.3 is 24.8 Å². The van der Waals surface area contributed by atoms with Gasteiger partial charge in [0.1, 0.15) is 23.0 Å². The number of carbonyl (C=O) groups is 1. The number of ether oxygens (including phenoxy) is 2. The molecule has 4 rings (SSSR count). The molecule has 0 aliphatic carbocycles. The van der Waals surface area contributed by atoms with E-state index in [0.29, 0.717) is 45.4 Å². The van der Waals surface area contributed by atoms with Crippen molar-refractivity contribution in [3.63, 3.8) is 0 Å². The summed E-state index contributed by atoms with van der Waals surface area (Å²) >= 11 is 0. The van der Waals surface area contributed by atoms with Crippen molar-refractivity contribution in [1.82, 2.24) is 9.97 Å². The van der Waals surface area contributed by atoms with Gasteiger partial charge in [0.15, 0.2) is 0 Å². The molecule has 9 heteroatoms. The van der Waals surface area contributed by atoms with Gasteiger partial charge in [-0.25, -0.2) is 9.97 Å². The molecule has 0 saturated carbocycles. The van der Waals surface area contributed by atoms with Gasteiger partial charge in [0.2, 0.25) is 0 Å². The predicted octanol–water partition coefficient (Wildman–Crippen LogP) is 4.99. The van der Waals surface area contributed by atoms with Crippen molar-refractivity contribution >= 4 is 5.97 Å². The number of phenolic OH excluding ortho intramolecular Hbond substituents is 2. The average molecular weight is 515 g/mol. The first-order valence-corrected chi connectivity index (χ1v) is 10.2. The van der Waals surface area contributed by atoms with E-state index in [1.165, 1.54) is 0 Å². The average Bonchev–Trinajstić information content (AvgIpc) is 2.84. The topological polar surface area (TPSA) is 122 Å². The van der Waals surface area contributed by atoms with Gasteiger partial charge >= 0.3 is 0 Å². The maximum atomic E-state index is 10.3. The summed E-state index contributed by atoms with van der Waals surface area (Å²) < 4.78 is 10.5. The van der Waals surface area contributed by atoms with Gasteiger partial charge in [-0.2, -0.15) is 0 Å². The van der Waals surface area contributed by atoms with Crippen LogP contribution in [0.4, 0.5) is 0 Å². The van der Waals surface area contributed by atoms with Crippen LogP contribution in [0.15, 0.2) is 72.8 Å². The molecule has 2 aromatic heterocycles. The van der Waals surface area contributed by atoms with E-state index >= 15 is 0 Å². The van der Waals surface area contributed by atoms with Gasteiger partial charge in [-0.15, -0.1) is 0 Å². The number of aromatic hydroxyl groups is 2. The standard InChI is InChI=1S/C24H20N2O4.C2H4O2.Mn/c1-29-15-9-11-23(27)17(13-15)19-5-3-7-21(25-19)22-8-4-6-20(26-22)18-14-16(30-2)10-12-24(18)28;1-2(3)4;/h3-14,27-28H,1-2H3;1H3,(H,3,4);. The second-order valence-electron chi connectivity index (χ2n) is 7.10. The molecule has 3 N–H and O–H groups in total. The molecule has 0 bridgehead atoms. The minimum atomic E-state index is -0.833. The molecule has 2 aromatic carbocycles. The SMILES string of the molecule is CC(=O)O.COc1ccc(O)c(-c2cccc(-c3cccc(-c4cc(OC)ccc4O)n3)n2)c1.[Mn]. The zero-order chi connectivity index (χ0) is 24.7. The Hall–Kier alpha value is -4.07. The molecule has 181 valence electrons. The van der Waals surface area contributed by atoms with Crippen molar-refractivity contribution in [3.8, 4) is 56.9 Å². The molecule has 35 heavy (non-hydrogen) atoms. The molecule has 4 aromatic rings. The molecule has 8 nitrogen and oxygen atoms in total. The zero-order valence-corrected chi connectivity index (χ0v) is 20.4. The first-order chi connectivity index (χ1) is 16.3. The maximum Gasteiger partial charge on any atom is 0.300 e. The number of benzene rings is 2. The van der Waals surface area contributed by atoms with Crippen molar-refractivity contribution in [2.45, 2.75) is 6.92 Å². The molecule has 0 saturated heterocycles. The second-order valence-corrected chi connectivity index (χ2v) is 7.10. The predicted molar refractivity (Wildman–Crippen MR) is 128 cm³/mol. The Balaban J connectivity index is 0.000000804. The number of phenols is 2. The molecule has 0 spiro atoms. The van der Waals surface area contributed by atoms with Crippen LogP contribution < -0.4 is 9.47 Å². The molecule has 2 heterocycles. The Bertz CT molecular complexity index is 1210. The van der Waals surface area contributed by atoms with E-state index in [0.717, 1.165) is 6.92 Å². The Morgan fingerprint density at radius 2 is 1.03 bits per heavy atom. The molecule has 0 atom stereocenters. The summed E-state index contributed by atoms with van der Waals surface area (Å²) in [7, 11) is 3.15. The summed E-state index contributed by atoms with van der Waals surface area (Å²) in [5.74, 6) is 0.652. The smallest absolute Gasteiger partial charge is 0.300 e. The molecule has 0 fully saturated rings. The molecule has 0 aliphatic rings. The number of hydrogen-bond acceptors (Lipinski definition) is 7. The van der Waals surface area contributed by atoms with Gasteiger partial charge in [-0.3, -0.25) is 4.79 Å².